The quantitative estimate of drug-likeness (QED) is 0.812. The third-order valence-corrected chi connectivity index (χ3v) is 4.04. The van der Waals surface area contributed by atoms with Gasteiger partial charge in [0, 0.05) is 16.7 Å². The number of benzene rings is 2. The average Bonchev–Trinajstić information content (AvgIpc) is 2.50. The maximum absolute atomic E-state index is 12.1. The number of aliphatic hydroxyl groups excluding tert-OH is 1. The third-order valence-electron chi connectivity index (χ3n) is 3.55. The SMILES string of the molecule is Cc1cc(Br)ccc1NC(=O)CN(C)C[C@@H](O)c1ccccc1. The molecule has 2 aromatic rings. The molecule has 23 heavy (non-hydrogen) atoms. The second kappa shape index (κ2) is 8.24. The third kappa shape index (κ3) is 5.46. The van der Waals surface area contributed by atoms with Crippen molar-refractivity contribution < 1.29 is 9.90 Å². The number of likely N-dealkylation sites (N-methyl/N-ethyl adjacent to an activating group) is 1. The molecule has 0 aliphatic rings. The fourth-order valence-electron chi connectivity index (χ4n) is 2.34. The number of rotatable bonds is 6. The Morgan fingerprint density at radius 3 is 2.61 bits per heavy atom. The van der Waals surface area contributed by atoms with E-state index in [1.54, 1.807) is 4.90 Å². The van der Waals surface area contributed by atoms with Gasteiger partial charge < -0.3 is 10.4 Å². The van der Waals surface area contributed by atoms with Gasteiger partial charge in [-0.25, -0.2) is 0 Å². The zero-order valence-electron chi connectivity index (χ0n) is 13.3. The molecule has 0 fully saturated rings. The lowest BCUT2D eigenvalue weighted by molar-refractivity contribution is -0.117. The molecule has 4 nitrogen and oxygen atoms in total. The van der Waals surface area contributed by atoms with Crippen LogP contribution in [0.1, 0.15) is 17.2 Å². The van der Waals surface area contributed by atoms with E-state index in [0.717, 1.165) is 21.3 Å². The van der Waals surface area contributed by atoms with Crippen LogP contribution in [-0.4, -0.2) is 36.1 Å². The largest absolute Gasteiger partial charge is 0.387 e. The molecule has 0 bridgehead atoms. The minimum atomic E-state index is -0.608. The van der Waals surface area contributed by atoms with Crippen LogP contribution in [-0.2, 0) is 4.79 Å². The van der Waals surface area contributed by atoms with Gasteiger partial charge in [-0.3, -0.25) is 9.69 Å². The molecule has 2 N–H and O–H groups in total. The number of carbonyl (C=O) groups excluding carboxylic acids is 1. The highest BCUT2D eigenvalue weighted by atomic mass is 79.9. The normalized spacial score (nSPS) is 12.2. The topological polar surface area (TPSA) is 52.6 Å². The molecule has 2 aromatic carbocycles. The predicted molar refractivity (Wildman–Crippen MR) is 96.4 cm³/mol. The first-order valence-electron chi connectivity index (χ1n) is 7.43. The summed E-state index contributed by atoms with van der Waals surface area (Å²) in [4.78, 5) is 13.9. The standard InChI is InChI=1S/C18H21BrN2O2/c1-13-10-15(19)8-9-16(13)20-18(23)12-21(2)11-17(22)14-6-4-3-5-7-14/h3-10,17,22H,11-12H2,1-2H3,(H,20,23)/t17-/m1/s1. The van der Waals surface area contributed by atoms with Crippen LogP contribution in [0.3, 0.4) is 0 Å². The van der Waals surface area contributed by atoms with E-state index < -0.39 is 6.10 Å². The van der Waals surface area contributed by atoms with Gasteiger partial charge in [-0.15, -0.1) is 0 Å². The first-order chi connectivity index (χ1) is 11.0. The zero-order valence-corrected chi connectivity index (χ0v) is 14.9. The zero-order chi connectivity index (χ0) is 16.8. The monoisotopic (exact) mass is 376 g/mol. The van der Waals surface area contributed by atoms with Gasteiger partial charge in [0.1, 0.15) is 0 Å². The molecule has 5 heteroatoms. The molecule has 2 rings (SSSR count). The maximum atomic E-state index is 12.1. The van der Waals surface area contributed by atoms with Crippen LogP contribution in [0.2, 0.25) is 0 Å². The first kappa shape index (κ1) is 17.7. The van der Waals surface area contributed by atoms with E-state index in [-0.39, 0.29) is 12.5 Å². The number of hydrogen-bond donors (Lipinski definition) is 2. The van der Waals surface area contributed by atoms with Crippen LogP contribution in [0.4, 0.5) is 5.69 Å². The summed E-state index contributed by atoms with van der Waals surface area (Å²) in [5, 5.41) is 13.1. The van der Waals surface area contributed by atoms with E-state index in [0.29, 0.717) is 6.54 Å². The van der Waals surface area contributed by atoms with Crippen LogP contribution in [0.5, 0.6) is 0 Å². The highest BCUT2D eigenvalue weighted by molar-refractivity contribution is 9.10. The Labute approximate surface area is 145 Å². The molecule has 0 spiro atoms. The van der Waals surface area contributed by atoms with E-state index in [1.165, 1.54) is 0 Å². The summed E-state index contributed by atoms with van der Waals surface area (Å²) in [6, 6.07) is 15.2. The molecule has 1 amide bonds. The van der Waals surface area contributed by atoms with Crippen LogP contribution in [0.25, 0.3) is 0 Å². The molecule has 0 saturated heterocycles. The molecule has 0 aliphatic carbocycles. The average molecular weight is 377 g/mol. The molecule has 0 aromatic heterocycles. The number of aryl methyl sites for hydroxylation is 1. The molecule has 0 unspecified atom stereocenters. The van der Waals surface area contributed by atoms with E-state index in [1.807, 2.05) is 62.5 Å². The fraction of sp³-hybridized carbons (Fsp3) is 0.278. The molecule has 0 radical (unpaired) electrons. The summed E-state index contributed by atoms with van der Waals surface area (Å²) in [6.07, 6.45) is -0.608. The fourth-order valence-corrected chi connectivity index (χ4v) is 2.82. The van der Waals surface area contributed by atoms with Crippen molar-refractivity contribution in [1.82, 2.24) is 4.90 Å². The first-order valence-corrected chi connectivity index (χ1v) is 8.22. The second-order valence-electron chi connectivity index (χ2n) is 5.63. The van der Waals surface area contributed by atoms with Gasteiger partial charge in [0.2, 0.25) is 5.91 Å². The second-order valence-corrected chi connectivity index (χ2v) is 6.55. The highest BCUT2D eigenvalue weighted by Crippen LogP contribution is 2.20. The van der Waals surface area contributed by atoms with Gasteiger partial charge in [0.05, 0.1) is 12.6 Å². The Kier molecular flexibility index (Phi) is 6.33. The summed E-state index contributed by atoms with van der Waals surface area (Å²) >= 11 is 3.40. The Morgan fingerprint density at radius 1 is 1.26 bits per heavy atom. The minimum Gasteiger partial charge on any atom is -0.387 e. The number of nitrogens with one attached hydrogen (secondary N) is 1. The molecule has 0 aliphatic heterocycles. The van der Waals surface area contributed by atoms with Crippen molar-refractivity contribution in [2.24, 2.45) is 0 Å². The van der Waals surface area contributed by atoms with Crippen molar-refractivity contribution in [3.63, 3.8) is 0 Å². The number of aliphatic hydroxyl groups is 1. The van der Waals surface area contributed by atoms with Crippen LogP contribution >= 0.6 is 15.9 Å². The van der Waals surface area contributed by atoms with E-state index in [4.69, 9.17) is 0 Å². The lowest BCUT2D eigenvalue weighted by atomic mass is 10.1. The number of nitrogens with zero attached hydrogens (tertiary/aromatic N) is 1. The van der Waals surface area contributed by atoms with Crippen LogP contribution in [0, 0.1) is 6.92 Å². The van der Waals surface area contributed by atoms with Gasteiger partial charge in [-0.05, 0) is 43.3 Å². The predicted octanol–water partition coefficient (Wildman–Crippen LogP) is 3.36. The number of carbonyl (C=O) groups is 1. The number of anilines is 1. The highest BCUT2D eigenvalue weighted by Gasteiger charge is 2.13. The van der Waals surface area contributed by atoms with Crippen molar-refractivity contribution in [2.45, 2.75) is 13.0 Å². The van der Waals surface area contributed by atoms with Crippen molar-refractivity contribution in [1.29, 1.82) is 0 Å². The summed E-state index contributed by atoms with van der Waals surface area (Å²) in [7, 11) is 1.82. The number of hydrogen-bond acceptors (Lipinski definition) is 3. The summed E-state index contributed by atoms with van der Waals surface area (Å²) in [5.74, 6) is -0.0989. The lowest BCUT2D eigenvalue weighted by Gasteiger charge is -2.20. The maximum Gasteiger partial charge on any atom is 0.238 e. The van der Waals surface area contributed by atoms with Crippen LogP contribution in [0.15, 0.2) is 53.0 Å². The lowest BCUT2D eigenvalue weighted by Crippen LogP contribution is -2.33. The summed E-state index contributed by atoms with van der Waals surface area (Å²) in [6.45, 7) is 2.57. The van der Waals surface area contributed by atoms with Crippen molar-refractivity contribution in [3.05, 3.63) is 64.1 Å². The van der Waals surface area contributed by atoms with Crippen molar-refractivity contribution in [2.75, 3.05) is 25.5 Å². The Bertz CT molecular complexity index is 661. The smallest absolute Gasteiger partial charge is 0.238 e. The summed E-state index contributed by atoms with van der Waals surface area (Å²) < 4.78 is 0.983. The van der Waals surface area contributed by atoms with Gasteiger partial charge >= 0.3 is 0 Å². The van der Waals surface area contributed by atoms with Gasteiger partial charge in [0.15, 0.2) is 0 Å². The van der Waals surface area contributed by atoms with E-state index >= 15 is 0 Å². The number of halogens is 1. The molecule has 0 heterocycles. The van der Waals surface area contributed by atoms with E-state index in [2.05, 4.69) is 21.2 Å². The Morgan fingerprint density at radius 2 is 1.96 bits per heavy atom. The molecule has 0 saturated carbocycles. The molecular weight excluding hydrogens is 356 g/mol. The van der Waals surface area contributed by atoms with Gasteiger partial charge in [-0.2, -0.15) is 0 Å². The molecule has 122 valence electrons. The minimum absolute atomic E-state index is 0.0989. The van der Waals surface area contributed by atoms with E-state index in [9.17, 15) is 9.90 Å². The number of amides is 1. The summed E-state index contributed by atoms with van der Waals surface area (Å²) in [5.41, 5.74) is 2.65. The Balaban J connectivity index is 1.87. The molecular formula is C18H21BrN2O2. The molecule has 1 atom stereocenters. The van der Waals surface area contributed by atoms with Gasteiger partial charge in [0.25, 0.3) is 0 Å². The van der Waals surface area contributed by atoms with Gasteiger partial charge in [-0.1, -0.05) is 46.3 Å². The van der Waals surface area contributed by atoms with Crippen molar-refractivity contribution in [3.8, 4) is 0 Å². The Hall–Kier alpha value is -1.69. The van der Waals surface area contributed by atoms with Crippen molar-refractivity contribution >= 4 is 27.5 Å². The van der Waals surface area contributed by atoms with Crippen LogP contribution < -0.4 is 5.32 Å².